The lowest BCUT2D eigenvalue weighted by molar-refractivity contribution is 0.0979. The fourth-order valence-electron chi connectivity index (χ4n) is 5.53. The van der Waals surface area contributed by atoms with E-state index in [9.17, 15) is 5.26 Å². The van der Waals surface area contributed by atoms with Gasteiger partial charge in [0, 0.05) is 5.56 Å². The normalized spacial score (nSPS) is 18.4. The maximum Gasteiger partial charge on any atom is 0.319 e. The Hall–Kier alpha value is -2.66. The van der Waals surface area contributed by atoms with E-state index in [4.69, 9.17) is 8.85 Å². The molecular weight excluding hydrogens is 463 g/mol. The molecule has 3 aromatic rings. The Labute approximate surface area is 213 Å². The van der Waals surface area contributed by atoms with Crippen molar-refractivity contribution in [1.29, 1.82) is 5.26 Å². The molecule has 0 heterocycles. The molecule has 1 unspecified atom stereocenters. The summed E-state index contributed by atoms with van der Waals surface area (Å²) >= 11 is 0. The van der Waals surface area contributed by atoms with Crippen LogP contribution in [0.5, 0.6) is 5.75 Å². The summed E-state index contributed by atoms with van der Waals surface area (Å²) in [6.45, 7) is 13.3. The first-order chi connectivity index (χ1) is 16.5. The molecule has 0 aromatic heterocycles. The largest absolute Gasteiger partial charge is 0.534 e. The van der Waals surface area contributed by atoms with E-state index in [1.54, 1.807) is 0 Å². The molecule has 1 atom stereocenters. The Kier molecular flexibility index (Phi) is 6.85. The van der Waals surface area contributed by atoms with E-state index < -0.39 is 22.2 Å². The van der Waals surface area contributed by atoms with Crippen molar-refractivity contribution in [1.82, 2.24) is 0 Å². The molecule has 0 aliphatic heterocycles. The maximum atomic E-state index is 10.4. The molecule has 0 fully saturated rings. The van der Waals surface area contributed by atoms with Gasteiger partial charge in [0.15, 0.2) is 13.9 Å². The SMILES string of the molecule is CC(C)(C)[Si](Oc1cccc2c1CCCC2(C#N)O[Si](C)(C)C)(c1ccccc1)c1ccccc1. The van der Waals surface area contributed by atoms with E-state index >= 15 is 0 Å². The average Bonchev–Trinajstić information content (AvgIpc) is 2.82. The fraction of sp³-hybridized carbons (Fsp3) is 0.367. The van der Waals surface area contributed by atoms with Gasteiger partial charge in [0.25, 0.3) is 0 Å². The summed E-state index contributed by atoms with van der Waals surface area (Å²) in [6, 6.07) is 30.2. The summed E-state index contributed by atoms with van der Waals surface area (Å²) < 4.78 is 14.0. The molecule has 35 heavy (non-hydrogen) atoms. The summed E-state index contributed by atoms with van der Waals surface area (Å²) in [7, 11) is -4.73. The molecule has 0 radical (unpaired) electrons. The monoisotopic (exact) mass is 499 g/mol. The number of fused-ring (bicyclic) bond motifs is 1. The molecule has 0 saturated carbocycles. The Bertz CT molecular complexity index is 1170. The number of rotatable bonds is 6. The molecule has 5 heteroatoms. The highest BCUT2D eigenvalue weighted by Gasteiger charge is 2.53. The second-order valence-corrected chi connectivity index (χ2v) is 20.2. The van der Waals surface area contributed by atoms with Crippen LogP contribution in [0.4, 0.5) is 0 Å². The summed E-state index contributed by atoms with van der Waals surface area (Å²) in [5, 5.41) is 12.7. The third-order valence-corrected chi connectivity index (χ3v) is 12.8. The summed E-state index contributed by atoms with van der Waals surface area (Å²) in [5.74, 6) is 0.898. The smallest absolute Gasteiger partial charge is 0.319 e. The van der Waals surface area contributed by atoms with Crippen molar-refractivity contribution in [2.75, 3.05) is 0 Å². The first kappa shape index (κ1) is 25.4. The van der Waals surface area contributed by atoms with Gasteiger partial charge in [-0.1, -0.05) is 93.6 Å². The van der Waals surface area contributed by atoms with Crippen LogP contribution in [0.25, 0.3) is 0 Å². The zero-order valence-electron chi connectivity index (χ0n) is 21.9. The van der Waals surface area contributed by atoms with E-state index in [2.05, 4.69) is 119 Å². The van der Waals surface area contributed by atoms with Crippen LogP contribution in [0.15, 0.2) is 78.9 Å². The topological polar surface area (TPSA) is 42.2 Å². The van der Waals surface area contributed by atoms with Gasteiger partial charge in [-0.2, -0.15) is 5.26 Å². The molecule has 3 nitrogen and oxygen atoms in total. The van der Waals surface area contributed by atoms with Crippen molar-refractivity contribution >= 4 is 27.0 Å². The van der Waals surface area contributed by atoms with Crippen molar-refractivity contribution in [3.63, 3.8) is 0 Å². The fourth-order valence-corrected chi connectivity index (χ4v) is 11.3. The minimum atomic E-state index is -2.77. The molecular formula is C30H37NO2Si2. The van der Waals surface area contributed by atoms with Crippen LogP contribution in [-0.2, 0) is 16.4 Å². The number of nitrogens with zero attached hydrogens (tertiary/aromatic N) is 1. The van der Waals surface area contributed by atoms with Gasteiger partial charge < -0.3 is 8.85 Å². The molecule has 3 aromatic carbocycles. The number of benzene rings is 3. The lowest BCUT2D eigenvalue weighted by atomic mass is 9.80. The van der Waals surface area contributed by atoms with E-state index in [1.807, 2.05) is 6.07 Å². The van der Waals surface area contributed by atoms with Gasteiger partial charge in [-0.3, -0.25) is 0 Å². The average molecular weight is 500 g/mol. The van der Waals surface area contributed by atoms with E-state index in [0.717, 1.165) is 36.1 Å². The van der Waals surface area contributed by atoms with Crippen LogP contribution in [0.2, 0.25) is 24.7 Å². The Morgan fingerprint density at radius 1 is 0.829 bits per heavy atom. The van der Waals surface area contributed by atoms with Crippen LogP contribution < -0.4 is 14.8 Å². The molecule has 4 rings (SSSR count). The molecule has 0 spiro atoms. The van der Waals surface area contributed by atoms with Crippen molar-refractivity contribution in [3.8, 4) is 11.8 Å². The quantitative estimate of drug-likeness (QED) is 0.362. The standard InChI is InChI=1S/C30H37NO2Si2/c1-29(2,3)35(24-15-9-7-10-16-24,25-17-11-8-12-18-25)32-28-21-13-20-27-26(28)19-14-22-30(27,23-31)33-34(4,5)6/h7-13,15-18,20-21H,14,19,22H2,1-6H3. The van der Waals surface area contributed by atoms with Gasteiger partial charge in [-0.15, -0.1) is 0 Å². The predicted molar refractivity (Wildman–Crippen MR) is 149 cm³/mol. The second-order valence-electron chi connectivity index (χ2n) is 11.6. The molecule has 0 saturated heterocycles. The van der Waals surface area contributed by atoms with Crippen molar-refractivity contribution < 1.29 is 8.85 Å². The lowest BCUT2D eigenvalue weighted by Crippen LogP contribution is -2.69. The van der Waals surface area contributed by atoms with Gasteiger partial charge >= 0.3 is 8.32 Å². The van der Waals surface area contributed by atoms with Gasteiger partial charge in [0.05, 0.1) is 0 Å². The first-order valence-corrected chi connectivity index (χ1v) is 17.9. The van der Waals surface area contributed by atoms with Crippen LogP contribution in [0.1, 0.15) is 44.7 Å². The predicted octanol–water partition coefficient (Wildman–Crippen LogP) is 6.53. The van der Waals surface area contributed by atoms with Gasteiger partial charge in [-0.05, 0) is 65.9 Å². The third kappa shape index (κ3) is 4.75. The van der Waals surface area contributed by atoms with Crippen LogP contribution >= 0.6 is 0 Å². The van der Waals surface area contributed by atoms with Crippen molar-refractivity contribution in [2.45, 2.75) is 70.3 Å². The Morgan fingerprint density at radius 3 is 1.89 bits per heavy atom. The second kappa shape index (κ2) is 9.42. The number of hydrogen-bond acceptors (Lipinski definition) is 3. The van der Waals surface area contributed by atoms with E-state index in [-0.39, 0.29) is 5.04 Å². The lowest BCUT2D eigenvalue weighted by Gasteiger charge is -2.44. The molecule has 1 aliphatic rings. The first-order valence-electron chi connectivity index (χ1n) is 12.6. The van der Waals surface area contributed by atoms with Gasteiger partial charge in [0.2, 0.25) is 0 Å². The third-order valence-electron chi connectivity index (χ3n) is 6.86. The molecule has 0 amide bonds. The zero-order chi connectivity index (χ0) is 25.3. The van der Waals surface area contributed by atoms with Crippen LogP contribution in [0.3, 0.4) is 0 Å². The van der Waals surface area contributed by atoms with Gasteiger partial charge in [-0.25, -0.2) is 0 Å². The van der Waals surface area contributed by atoms with Crippen molar-refractivity contribution in [2.24, 2.45) is 0 Å². The Balaban J connectivity index is 1.94. The van der Waals surface area contributed by atoms with Crippen molar-refractivity contribution in [3.05, 3.63) is 90.0 Å². The summed E-state index contributed by atoms with van der Waals surface area (Å²) in [4.78, 5) is 0. The van der Waals surface area contributed by atoms with Crippen LogP contribution in [-0.4, -0.2) is 16.6 Å². The van der Waals surface area contributed by atoms with E-state index in [1.165, 1.54) is 10.4 Å². The van der Waals surface area contributed by atoms with Gasteiger partial charge in [0.1, 0.15) is 11.8 Å². The zero-order valence-corrected chi connectivity index (χ0v) is 23.9. The maximum absolute atomic E-state index is 10.4. The Morgan fingerprint density at radius 2 is 1.40 bits per heavy atom. The van der Waals surface area contributed by atoms with Crippen LogP contribution in [0, 0.1) is 11.3 Å². The molecule has 0 bridgehead atoms. The minimum absolute atomic E-state index is 0.131. The molecule has 182 valence electrons. The highest BCUT2D eigenvalue weighted by Crippen LogP contribution is 2.45. The van der Waals surface area contributed by atoms with E-state index in [0.29, 0.717) is 0 Å². The highest BCUT2D eigenvalue weighted by molar-refractivity contribution is 7.00. The number of nitriles is 1. The summed E-state index contributed by atoms with van der Waals surface area (Å²) in [5.41, 5.74) is 1.22. The minimum Gasteiger partial charge on any atom is -0.534 e. The summed E-state index contributed by atoms with van der Waals surface area (Å²) in [6.07, 6.45) is 2.53. The molecule has 1 aliphatic carbocycles. The number of hydrogen-bond donors (Lipinski definition) is 0. The molecule has 0 N–H and O–H groups in total. The highest BCUT2D eigenvalue weighted by atomic mass is 28.4.